The maximum atomic E-state index is 13.0. The summed E-state index contributed by atoms with van der Waals surface area (Å²) in [5.41, 5.74) is 1.51. The minimum atomic E-state index is -0.315. The van der Waals surface area contributed by atoms with Crippen LogP contribution in [0.25, 0.3) is 11.4 Å². The second kappa shape index (κ2) is 7.89. The molecule has 1 aliphatic heterocycles. The zero-order chi connectivity index (χ0) is 18.6. The molecular weight excluding hydrogens is 367 g/mol. The van der Waals surface area contributed by atoms with E-state index in [-0.39, 0.29) is 23.3 Å². The molecule has 1 aliphatic rings. The van der Waals surface area contributed by atoms with Gasteiger partial charge in [-0.1, -0.05) is 35.5 Å². The third kappa shape index (κ3) is 4.35. The minimum Gasteiger partial charge on any atom is -0.338 e. The van der Waals surface area contributed by atoms with Crippen molar-refractivity contribution in [3.05, 3.63) is 71.9 Å². The molecule has 8 heteroatoms. The van der Waals surface area contributed by atoms with Gasteiger partial charge in [0.05, 0.1) is 5.75 Å². The number of amides is 1. The van der Waals surface area contributed by atoms with Crippen LogP contribution in [0.3, 0.4) is 0 Å². The maximum Gasteiger partial charge on any atom is 0.237 e. The quantitative estimate of drug-likeness (QED) is 0.703. The summed E-state index contributed by atoms with van der Waals surface area (Å²) in [6.45, 7) is 0. The highest BCUT2D eigenvalue weighted by atomic mass is 32.2. The van der Waals surface area contributed by atoms with E-state index in [4.69, 9.17) is 4.52 Å². The predicted octanol–water partition coefficient (Wildman–Crippen LogP) is 3.24. The van der Waals surface area contributed by atoms with Crippen molar-refractivity contribution in [2.75, 3.05) is 0 Å². The Morgan fingerprint density at radius 2 is 1.93 bits per heavy atom. The zero-order valence-electron chi connectivity index (χ0n) is 14.3. The van der Waals surface area contributed by atoms with Crippen LogP contribution in [0, 0.1) is 5.82 Å². The second-order valence-electron chi connectivity index (χ2n) is 6.11. The zero-order valence-corrected chi connectivity index (χ0v) is 15.1. The van der Waals surface area contributed by atoms with E-state index in [9.17, 15) is 9.18 Å². The summed E-state index contributed by atoms with van der Waals surface area (Å²) in [6.07, 6.45) is 0.399. The molecule has 27 heavy (non-hydrogen) atoms. The first-order chi connectivity index (χ1) is 13.2. The molecule has 6 nitrogen and oxygen atoms in total. The Labute approximate surface area is 159 Å². The molecule has 1 amide bonds. The van der Waals surface area contributed by atoms with E-state index >= 15 is 0 Å². The van der Waals surface area contributed by atoms with Gasteiger partial charge in [-0.2, -0.15) is 4.98 Å². The van der Waals surface area contributed by atoms with Gasteiger partial charge in [-0.15, -0.1) is 11.8 Å². The van der Waals surface area contributed by atoms with Crippen LogP contribution in [-0.4, -0.2) is 21.5 Å². The molecule has 0 spiro atoms. The lowest BCUT2D eigenvalue weighted by molar-refractivity contribution is -0.123. The first kappa shape index (κ1) is 17.7. The molecule has 2 atom stereocenters. The monoisotopic (exact) mass is 384 g/mol. The number of nitrogens with one attached hydrogen (secondary N) is 2. The Morgan fingerprint density at radius 3 is 2.70 bits per heavy atom. The van der Waals surface area contributed by atoms with E-state index in [1.807, 2.05) is 30.3 Å². The van der Waals surface area contributed by atoms with Gasteiger partial charge in [0.15, 0.2) is 0 Å². The lowest BCUT2D eigenvalue weighted by Crippen LogP contribution is -2.50. The lowest BCUT2D eigenvalue weighted by Gasteiger charge is -2.31. The number of aromatic nitrogens is 2. The topological polar surface area (TPSA) is 80.1 Å². The van der Waals surface area contributed by atoms with Gasteiger partial charge < -0.3 is 9.84 Å². The van der Waals surface area contributed by atoms with Crippen LogP contribution in [0.2, 0.25) is 0 Å². The molecular formula is C19H17FN4O2S. The highest BCUT2D eigenvalue weighted by Crippen LogP contribution is 2.25. The fourth-order valence-electron chi connectivity index (χ4n) is 2.85. The van der Waals surface area contributed by atoms with Crippen molar-refractivity contribution in [2.24, 2.45) is 0 Å². The third-order valence-electron chi connectivity index (χ3n) is 4.18. The predicted molar refractivity (Wildman–Crippen MR) is 99.9 cm³/mol. The summed E-state index contributed by atoms with van der Waals surface area (Å²) in [4.78, 5) is 16.4. The van der Waals surface area contributed by atoms with E-state index in [0.717, 1.165) is 5.56 Å². The van der Waals surface area contributed by atoms with Crippen molar-refractivity contribution < 1.29 is 13.7 Å². The van der Waals surface area contributed by atoms with E-state index in [2.05, 4.69) is 20.8 Å². The molecule has 2 heterocycles. The Bertz CT molecular complexity index is 917. The number of nitrogens with zero attached hydrogens (tertiary/aromatic N) is 2. The van der Waals surface area contributed by atoms with Gasteiger partial charge in [-0.3, -0.25) is 10.1 Å². The number of hydrogen-bond donors (Lipinski definition) is 2. The Kier molecular flexibility index (Phi) is 5.17. The molecule has 1 saturated heterocycles. The van der Waals surface area contributed by atoms with Crippen LogP contribution in [0.5, 0.6) is 0 Å². The van der Waals surface area contributed by atoms with Crippen molar-refractivity contribution in [1.82, 2.24) is 20.8 Å². The smallest absolute Gasteiger partial charge is 0.237 e. The SMILES string of the molecule is O=C1CC(c2ccccc2)NC(SCc2nc(-c3ccc(F)cc3)no2)N1. The number of halogens is 1. The van der Waals surface area contributed by atoms with Crippen LogP contribution in [0.4, 0.5) is 4.39 Å². The molecule has 0 bridgehead atoms. The molecule has 2 unspecified atom stereocenters. The highest BCUT2D eigenvalue weighted by molar-refractivity contribution is 7.99. The fourth-order valence-corrected chi connectivity index (χ4v) is 3.75. The van der Waals surface area contributed by atoms with Gasteiger partial charge in [0.2, 0.25) is 17.6 Å². The third-order valence-corrected chi connectivity index (χ3v) is 5.18. The Balaban J connectivity index is 1.38. The lowest BCUT2D eigenvalue weighted by atomic mass is 10.0. The van der Waals surface area contributed by atoms with Crippen LogP contribution in [0.15, 0.2) is 59.1 Å². The standard InChI is InChI=1S/C19H17FN4O2S/c20-14-8-6-13(7-9-14)18-23-17(26-24-18)11-27-19-21-15(10-16(25)22-19)12-4-2-1-3-5-12/h1-9,15,19,21H,10-11H2,(H,22,25). The summed E-state index contributed by atoms with van der Waals surface area (Å²) in [5, 5.41) is 10.3. The van der Waals surface area contributed by atoms with Crippen LogP contribution < -0.4 is 10.6 Å². The summed E-state index contributed by atoms with van der Waals surface area (Å²) < 4.78 is 18.3. The van der Waals surface area contributed by atoms with Crippen molar-refractivity contribution in [3.63, 3.8) is 0 Å². The Hall–Kier alpha value is -2.71. The molecule has 0 saturated carbocycles. The van der Waals surface area contributed by atoms with Gasteiger partial charge in [0.1, 0.15) is 11.3 Å². The van der Waals surface area contributed by atoms with E-state index < -0.39 is 0 Å². The van der Waals surface area contributed by atoms with E-state index in [1.54, 1.807) is 12.1 Å². The van der Waals surface area contributed by atoms with Gasteiger partial charge in [-0.05, 0) is 29.8 Å². The normalized spacial score (nSPS) is 19.7. The molecule has 1 fully saturated rings. The number of carbonyl (C=O) groups is 1. The molecule has 138 valence electrons. The molecule has 1 aromatic heterocycles. The van der Waals surface area contributed by atoms with Crippen LogP contribution in [-0.2, 0) is 10.5 Å². The summed E-state index contributed by atoms with van der Waals surface area (Å²) >= 11 is 1.46. The summed E-state index contributed by atoms with van der Waals surface area (Å²) in [5.74, 6) is 0.974. The van der Waals surface area contributed by atoms with Crippen LogP contribution in [0.1, 0.15) is 23.9 Å². The van der Waals surface area contributed by atoms with Gasteiger partial charge in [-0.25, -0.2) is 4.39 Å². The molecule has 2 aromatic carbocycles. The van der Waals surface area contributed by atoms with Crippen LogP contribution >= 0.6 is 11.8 Å². The molecule has 0 aliphatic carbocycles. The number of hydrogen-bond acceptors (Lipinski definition) is 6. The maximum absolute atomic E-state index is 13.0. The minimum absolute atomic E-state index is 0.00219. The molecule has 0 radical (unpaired) electrons. The van der Waals surface area contributed by atoms with Gasteiger partial charge in [0, 0.05) is 18.0 Å². The van der Waals surface area contributed by atoms with Crippen molar-refractivity contribution in [3.8, 4) is 11.4 Å². The number of rotatable bonds is 5. The van der Waals surface area contributed by atoms with Gasteiger partial charge in [0.25, 0.3) is 0 Å². The van der Waals surface area contributed by atoms with Crippen molar-refractivity contribution in [1.29, 1.82) is 0 Å². The number of thioether (sulfide) groups is 1. The second-order valence-corrected chi connectivity index (χ2v) is 7.20. The van der Waals surface area contributed by atoms with E-state index in [0.29, 0.717) is 29.5 Å². The highest BCUT2D eigenvalue weighted by Gasteiger charge is 2.27. The largest absolute Gasteiger partial charge is 0.338 e. The number of carbonyl (C=O) groups excluding carboxylic acids is 1. The van der Waals surface area contributed by atoms with E-state index in [1.165, 1.54) is 23.9 Å². The summed E-state index contributed by atoms with van der Waals surface area (Å²) in [7, 11) is 0. The first-order valence-electron chi connectivity index (χ1n) is 8.48. The number of benzene rings is 2. The van der Waals surface area contributed by atoms with Crippen molar-refractivity contribution in [2.45, 2.75) is 23.7 Å². The fraction of sp³-hybridized carbons (Fsp3) is 0.211. The molecule has 4 rings (SSSR count). The molecule has 3 aromatic rings. The van der Waals surface area contributed by atoms with Crippen molar-refractivity contribution >= 4 is 17.7 Å². The Morgan fingerprint density at radius 1 is 1.15 bits per heavy atom. The average molecular weight is 384 g/mol. The first-order valence-corrected chi connectivity index (χ1v) is 9.53. The summed E-state index contributed by atoms with van der Waals surface area (Å²) in [6, 6.07) is 15.8. The van der Waals surface area contributed by atoms with Gasteiger partial charge >= 0.3 is 0 Å². The molecule has 2 N–H and O–H groups in total. The average Bonchev–Trinajstić information content (AvgIpc) is 3.16.